The van der Waals surface area contributed by atoms with Crippen molar-refractivity contribution >= 4 is 23.1 Å². The number of phenolic OH excluding ortho intramolecular Hbond substituents is 1. The van der Waals surface area contributed by atoms with Crippen LogP contribution in [0.3, 0.4) is 0 Å². The molecule has 3 nitrogen and oxygen atoms in total. The summed E-state index contributed by atoms with van der Waals surface area (Å²) >= 11 is 1.56. The van der Waals surface area contributed by atoms with Crippen LogP contribution < -0.4 is 0 Å². The fraction of sp³-hybridized carbons (Fsp3) is 0.111. The van der Waals surface area contributed by atoms with E-state index in [0.29, 0.717) is 16.2 Å². The van der Waals surface area contributed by atoms with Crippen molar-refractivity contribution in [1.29, 1.82) is 0 Å². The van der Waals surface area contributed by atoms with Crippen LogP contribution in [0, 0.1) is 0 Å². The summed E-state index contributed by atoms with van der Waals surface area (Å²) in [5, 5.41) is 14.6. The average Bonchev–Trinajstić information content (AvgIpc) is 2.69. The molecule has 0 saturated carbocycles. The van der Waals surface area contributed by atoms with Crippen LogP contribution in [0.25, 0.3) is 0 Å². The number of aromatic hydroxyl groups is 1. The summed E-state index contributed by atoms with van der Waals surface area (Å²) in [5.74, 6) is 0.0996. The van der Waals surface area contributed by atoms with Gasteiger partial charge in [-0.05, 0) is 24.3 Å². The maximum Gasteiger partial charge on any atom is 0.445 e. The molecule has 0 unspecified atom stereocenters. The van der Waals surface area contributed by atoms with E-state index in [1.807, 2.05) is 0 Å². The molecule has 0 atom stereocenters. The highest BCUT2D eigenvalue weighted by Crippen LogP contribution is 2.37. The van der Waals surface area contributed by atoms with Crippen molar-refractivity contribution in [3.05, 3.63) is 29.3 Å². The molecule has 0 amide bonds. The largest absolute Gasteiger partial charge is 0.508 e. The predicted octanol–water partition coefficient (Wildman–Crippen LogP) is 3.41. The Balaban J connectivity index is 2.14. The van der Waals surface area contributed by atoms with Crippen LogP contribution in [0.2, 0.25) is 0 Å². The Morgan fingerprint density at radius 2 is 1.76 bits per heavy atom. The number of rotatable bonds is 2. The van der Waals surface area contributed by atoms with Gasteiger partial charge in [0.05, 0.1) is 0 Å². The zero-order valence-electron chi connectivity index (χ0n) is 8.10. The zero-order chi connectivity index (χ0) is 12.5. The maximum absolute atomic E-state index is 12.3. The fourth-order valence-corrected chi connectivity index (χ4v) is 2.67. The van der Waals surface area contributed by atoms with Gasteiger partial charge in [0.2, 0.25) is 5.01 Å². The van der Waals surface area contributed by atoms with Gasteiger partial charge >= 0.3 is 6.18 Å². The minimum Gasteiger partial charge on any atom is -0.508 e. The summed E-state index contributed by atoms with van der Waals surface area (Å²) in [5.41, 5.74) is 0. The SMILES string of the molecule is Oc1ccc(Sc2nnc(C(F)(F)F)s2)cc1. The highest BCUT2D eigenvalue weighted by atomic mass is 32.2. The lowest BCUT2D eigenvalue weighted by atomic mass is 10.3. The second-order valence-corrected chi connectivity index (χ2v) is 5.27. The first-order chi connectivity index (χ1) is 7.95. The molecule has 0 aliphatic rings. The summed E-state index contributed by atoms with van der Waals surface area (Å²) in [4.78, 5) is 0.688. The van der Waals surface area contributed by atoms with Crippen molar-refractivity contribution in [1.82, 2.24) is 10.2 Å². The molecule has 90 valence electrons. The first kappa shape index (κ1) is 12.2. The Bertz CT molecular complexity index is 510. The second kappa shape index (κ2) is 4.53. The van der Waals surface area contributed by atoms with E-state index in [2.05, 4.69) is 10.2 Å². The molecule has 0 aliphatic heterocycles. The normalized spacial score (nSPS) is 11.7. The van der Waals surface area contributed by atoms with E-state index in [9.17, 15) is 13.2 Å². The molecule has 0 radical (unpaired) electrons. The van der Waals surface area contributed by atoms with Gasteiger partial charge in [0.15, 0.2) is 4.34 Å². The molecule has 0 saturated heterocycles. The summed E-state index contributed by atoms with van der Waals surface area (Å²) in [6, 6.07) is 6.09. The monoisotopic (exact) mass is 278 g/mol. The number of aromatic nitrogens is 2. The van der Waals surface area contributed by atoms with Crippen molar-refractivity contribution < 1.29 is 18.3 Å². The topological polar surface area (TPSA) is 46.0 Å². The van der Waals surface area contributed by atoms with E-state index < -0.39 is 11.2 Å². The van der Waals surface area contributed by atoms with E-state index >= 15 is 0 Å². The number of halogens is 3. The number of hydrogen-bond acceptors (Lipinski definition) is 5. The molecular formula is C9H5F3N2OS2. The smallest absolute Gasteiger partial charge is 0.445 e. The molecule has 8 heteroatoms. The van der Waals surface area contributed by atoms with Crippen molar-refractivity contribution in [3.63, 3.8) is 0 Å². The Kier molecular flexibility index (Phi) is 3.25. The van der Waals surface area contributed by atoms with Crippen LogP contribution in [0.4, 0.5) is 13.2 Å². The van der Waals surface area contributed by atoms with Gasteiger partial charge in [-0.1, -0.05) is 23.1 Å². The molecule has 2 rings (SSSR count). The van der Waals surface area contributed by atoms with Gasteiger partial charge in [-0.25, -0.2) is 0 Å². The third-order valence-corrected chi connectivity index (χ3v) is 3.72. The van der Waals surface area contributed by atoms with Gasteiger partial charge in [-0.2, -0.15) is 13.2 Å². The Morgan fingerprint density at radius 1 is 1.12 bits per heavy atom. The van der Waals surface area contributed by atoms with Crippen LogP contribution in [-0.4, -0.2) is 15.3 Å². The van der Waals surface area contributed by atoms with Gasteiger partial charge in [0.25, 0.3) is 0 Å². The van der Waals surface area contributed by atoms with E-state index in [-0.39, 0.29) is 10.1 Å². The zero-order valence-corrected chi connectivity index (χ0v) is 9.73. The summed E-state index contributed by atoms with van der Waals surface area (Å²) in [7, 11) is 0. The standard InChI is InChI=1S/C9H5F3N2OS2/c10-9(11,12)7-13-14-8(17-7)16-6-3-1-5(15)2-4-6/h1-4,15H. The molecule has 0 bridgehead atoms. The molecule has 17 heavy (non-hydrogen) atoms. The summed E-state index contributed by atoms with van der Waals surface area (Å²) in [6.07, 6.45) is -4.45. The Hall–Kier alpha value is -1.28. The average molecular weight is 278 g/mol. The lowest BCUT2D eigenvalue weighted by Crippen LogP contribution is -2.03. The molecular weight excluding hydrogens is 273 g/mol. The van der Waals surface area contributed by atoms with Crippen LogP contribution in [-0.2, 0) is 6.18 Å². The lowest BCUT2D eigenvalue weighted by Gasteiger charge is -1.98. The van der Waals surface area contributed by atoms with Crippen molar-refractivity contribution in [2.24, 2.45) is 0 Å². The van der Waals surface area contributed by atoms with Gasteiger partial charge in [0, 0.05) is 4.90 Å². The van der Waals surface area contributed by atoms with Crippen molar-refractivity contribution in [3.8, 4) is 5.75 Å². The Morgan fingerprint density at radius 3 is 2.29 bits per heavy atom. The molecule has 0 spiro atoms. The van der Waals surface area contributed by atoms with Gasteiger partial charge in [-0.15, -0.1) is 10.2 Å². The number of benzene rings is 1. The number of nitrogens with zero attached hydrogens (tertiary/aromatic N) is 2. The molecule has 1 N–H and O–H groups in total. The number of hydrogen-bond donors (Lipinski definition) is 1. The van der Waals surface area contributed by atoms with E-state index in [1.165, 1.54) is 12.1 Å². The first-order valence-corrected chi connectivity index (χ1v) is 5.96. The van der Waals surface area contributed by atoms with Gasteiger partial charge < -0.3 is 5.11 Å². The van der Waals surface area contributed by atoms with Crippen LogP contribution in [0.5, 0.6) is 5.75 Å². The van der Waals surface area contributed by atoms with Crippen LogP contribution in [0.1, 0.15) is 5.01 Å². The minimum absolute atomic E-state index is 0.0996. The van der Waals surface area contributed by atoms with Gasteiger partial charge in [0.1, 0.15) is 5.75 Å². The third-order valence-electron chi connectivity index (χ3n) is 1.69. The minimum atomic E-state index is -4.45. The predicted molar refractivity (Wildman–Crippen MR) is 57.1 cm³/mol. The molecule has 1 aromatic carbocycles. The second-order valence-electron chi connectivity index (χ2n) is 2.97. The van der Waals surface area contributed by atoms with E-state index in [4.69, 9.17) is 5.11 Å². The van der Waals surface area contributed by atoms with Gasteiger partial charge in [-0.3, -0.25) is 0 Å². The Labute approximate surface area is 102 Å². The van der Waals surface area contributed by atoms with E-state index in [1.54, 1.807) is 12.1 Å². The molecule has 0 fully saturated rings. The highest BCUT2D eigenvalue weighted by Gasteiger charge is 2.35. The third kappa shape index (κ3) is 3.10. The quantitative estimate of drug-likeness (QED) is 0.914. The molecule has 1 heterocycles. The highest BCUT2D eigenvalue weighted by molar-refractivity contribution is 8.01. The fourth-order valence-electron chi connectivity index (χ4n) is 0.981. The maximum atomic E-state index is 12.3. The summed E-state index contributed by atoms with van der Waals surface area (Å²) in [6.45, 7) is 0. The van der Waals surface area contributed by atoms with Crippen LogP contribution >= 0.6 is 23.1 Å². The number of alkyl halides is 3. The first-order valence-electron chi connectivity index (χ1n) is 4.33. The summed E-state index contributed by atoms with van der Waals surface area (Å²) < 4.78 is 37.0. The molecule has 1 aromatic heterocycles. The van der Waals surface area contributed by atoms with Crippen molar-refractivity contribution in [2.75, 3.05) is 0 Å². The van der Waals surface area contributed by atoms with E-state index in [0.717, 1.165) is 11.8 Å². The molecule has 2 aromatic rings. The lowest BCUT2D eigenvalue weighted by molar-refractivity contribution is -0.138. The van der Waals surface area contributed by atoms with Crippen molar-refractivity contribution in [2.45, 2.75) is 15.4 Å². The van der Waals surface area contributed by atoms with Crippen LogP contribution in [0.15, 0.2) is 33.5 Å². The molecule has 0 aliphatic carbocycles. The number of phenols is 1.